The molecule has 21 heavy (non-hydrogen) atoms. The van der Waals surface area contributed by atoms with Gasteiger partial charge in [-0.15, -0.1) is 0 Å². The fourth-order valence-electron chi connectivity index (χ4n) is 1.85. The van der Waals surface area contributed by atoms with E-state index in [1.807, 2.05) is 24.3 Å². The van der Waals surface area contributed by atoms with Crippen LogP contribution in [0.4, 0.5) is 14.5 Å². The maximum Gasteiger partial charge on any atom is 0.254 e. The van der Waals surface area contributed by atoms with Gasteiger partial charge in [-0.05, 0) is 30.7 Å². The van der Waals surface area contributed by atoms with Crippen molar-refractivity contribution in [1.82, 2.24) is 5.32 Å². The maximum atomic E-state index is 13.6. The van der Waals surface area contributed by atoms with E-state index in [1.54, 1.807) is 6.92 Å². The van der Waals surface area contributed by atoms with E-state index in [0.717, 1.165) is 16.1 Å². The first-order valence-electron chi connectivity index (χ1n) is 6.19. The van der Waals surface area contributed by atoms with Crippen molar-refractivity contribution in [2.75, 3.05) is 5.73 Å². The third-order valence-electron chi connectivity index (χ3n) is 3.05. The molecule has 0 aliphatic carbocycles. The Balaban J connectivity index is 2.18. The SMILES string of the molecule is CC(NC(=O)c1cc(N)c(F)cc1F)c1ccc(Br)cc1. The van der Waals surface area contributed by atoms with Crippen molar-refractivity contribution in [1.29, 1.82) is 0 Å². The minimum absolute atomic E-state index is 0.266. The zero-order valence-electron chi connectivity index (χ0n) is 11.2. The Labute approximate surface area is 129 Å². The summed E-state index contributed by atoms with van der Waals surface area (Å²) in [6.07, 6.45) is 0. The highest BCUT2D eigenvalue weighted by molar-refractivity contribution is 9.10. The first-order valence-corrected chi connectivity index (χ1v) is 6.98. The molecule has 0 aliphatic heterocycles. The van der Waals surface area contributed by atoms with Crippen LogP contribution in [-0.2, 0) is 0 Å². The van der Waals surface area contributed by atoms with E-state index < -0.39 is 17.5 Å². The van der Waals surface area contributed by atoms with Crippen molar-refractivity contribution in [2.45, 2.75) is 13.0 Å². The van der Waals surface area contributed by atoms with Crippen LogP contribution in [-0.4, -0.2) is 5.91 Å². The Bertz CT molecular complexity index is 674. The molecule has 1 atom stereocenters. The van der Waals surface area contributed by atoms with Gasteiger partial charge in [0.25, 0.3) is 5.91 Å². The van der Waals surface area contributed by atoms with Crippen LogP contribution in [0, 0.1) is 11.6 Å². The second-order valence-corrected chi connectivity index (χ2v) is 5.52. The van der Waals surface area contributed by atoms with Crippen molar-refractivity contribution in [3.05, 3.63) is 63.6 Å². The van der Waals surface area contributed by atoms with Gasteiger partial charge in [-0.25, -0.2) is 8.78 Å². The third-order valence-corrected chi connectivity index (χ3v) is 3.58. The van der Waals surface area contributed by atoms with E-state index in [2.05, 4.69) is 21.2 Å². The van der Waals surface area contributed by atoms with Gasteiger partial charge in [-0.3, -0.25) is 4.79 Å². The summed E-state index contributed by atoms with van der Waals surface area (Å²) in [5.41, 5.74) is 5.68. The fraction of sp³-hybridized carbons (Fsp3) is 0.133. The molecule has 2 aromatic rings. The van der Waals surface area contributed by atoms with Gasteiger partial charge < -0.3 is 11.1 Å². The highest BCUT2D eigenvalue weighted by atomic mass is 79.9. The highest BCUT2D eigenvalue weighted by Gasteiger charge is 2.17. The van der Waals surface area contributed by atoms with E-state index in [9.17, 15) is 13.6 Å². The zero-order chi connectivity index (χ0) is 15.6. The number of hydrogen-bond donors (Lipinski definition) is 2. The van der Waals surface area contributed by atoms with Gasteiger partial charge in [-0.1, -0.05) is 28.1 Å². The summed E-state index contributed by atoms with van der Waals surface area (Å²) < 4.78 is 27.6. The standard InChI is InChI=1S/C15H13BrF2N2O/c1-8(9-2-4-10(16)5-3-9)20-15(21)11-6-14(19)13(18)7-12(11)17/h2-8H,19H2,1H3,(H,20,21). The molecule has 6 heteroatoms. The second kappa shape index (κ2) is 6.22. The number of carbonyl (C=O) groups is 1. The zero-order valence-corrected chi connectivity index (χ0v) is 12.7. The Morgan fingerprint density at radius 3 is 2.43 bits per heavy atom. The third kappa shape index (κ3) is 3.58. The minimum Gasteiger partial charge on any atom is -0.396 e. The monoisotopic (exact) mass is 354 g/mol. The molecule has 0 heterocycles. The largest absolute Gasteiger partial charge is 0.396 e. The topological polar surface area (TPSA) is 55.1 Å². The maximum absolute atomic E-state index is 13.6. The molecule has 0 saturated heterocycles. The number of nitrogens with two attached hydrogens (primary N) is 1. The van der Waals surface area contributed by atoms with Crippen LogP contribution >= 0.6 is 15.9 Å². The number of benzene rings is 2. The highest BCUT2D eigenvalue weighted by Crippen LogP contribution is 2.19. The molecular formula is C15H13BrF2N2O. The molecule has 110 valence electrons. The Morgan fingerprint density at radius 1 is 1.19 bits per heavy atom. The lowest BCUT2D eigenvalue weighted by Gasteiger charge is -2.15. The molecule has 2 aromatic carbocycles. The van der Waals surface area contributed by atoms with Gasteiger partial charge in [0.1, 0.15) is 11.6 Å². The van der Waals surface area contributed by atoms with E-state index in [4.69, 9.17) is 5.73 Å². The normalized spacial score (nSPS) is 12.0. The first-order chi connectivity index (χ1) is 9.88. The molecule has 0 radical (unpaired) electrons. The van der Waals surface area contributed by atoms with Gasteiger partial charge >= 0.3 is 0 Å². The summed E-state index contributed by atoms with van der Waals surface area (Å²) in [5, 5.41) is 2.65. The minimum atomic E-state index is -0.942. The van der Waals surface area contributed by atoms with Crippen molar-refractivity contribution >= 4 is 27.5 Å². The van der Waals surface area contributed by atoms with Gasteiger partial charge in [0.05, 0.1) is 17.3 Å². The van der Waals surface area contributed by atoms with Crippen LogP contribution in [0.15, 0.2) is 40.9 Å². The number of amides is 1. The molecule has 2 rings (SSSR count). The van der Waals surface area contributed by atoms with Crippen molar-refractivity contribution < 1.29 is 13.6 Å². The average Bonchev–Trinajstić information content (AvgIpc) is 2.43. The summed E-state index contributed by atoms with van der Waals surface area (Å²) in [6.45, 7) is 1.77. The molecule has 0 fully saturated rings. The van der Waals surface area contributed by atoms with Gasteiger partial charge in [0.15, 0.2) is 0 Å². The number of carbonyl (C=O) groups excluding carboxylic acids is 1. The van der Waals surface area contributed by atoms with Crippen LogP contribution in [0.2, 0.25) is 0 Å². The van der Waals surface area contributed by atoms with Crippen LogP contribution in [0.3, 0.4) is 0 Å². The van der Waals surface area contributed by atoms with E-state index >= 15 is 0 Å². The molecule has 3 nitrogen and oxygen atoms in total. The fourth-order valence-corrected chi connectivity index (χ4v) is 2.11. The Morgan fingerprint density at radius 2 is 1.81 bits per heavy atom. The molecule has 0 saturated carbocycles. The molecule has 0 spiro atoms. The molecule has 1 unspecified atom stereocenters. The number of rotatable bonds is 3. The quantitative estimate of drug-likeness (QED) is 0.823. The lowest BCUT2D eigenvalue weighted by atomic mass is 10.1. The number of nitrogen functional groups attached to an aromatic ring is 1. The van der Waals surface area contributed by atoms with E-state index in [0.29, 0.717) is 6.07 Å². The Kier molecular flexibility index (Phi) is 4.57. The van der Waals surface area contributed by atoms with Crippen LogP contribution < -0.4 is 11.1 Å². The van der Waals surface area contributed by atoms with E-state index in [-0.39, 0.29) is 17.3 Å². The lowest BCUT2D eigenvalue weighted by molar-refractivity contribution is 0.0936. The lowest BCUT2D eigenvalue weighted by Crippen LogP contribution is -2.27. The number of nitrogens with one attached hydrogen (secondary N) is 1. The van der Waals surface area contributed by atoms with Crippen molar-refractivity contribution in [3.63, 3.8) is 0 Å². The van der Waals surface area contributed by atoms with Gasteiger partial charge in [-0.2, -0.15) is 0 Å². The van der Waals surface area contributed by atoms with Crippen LogP contribution in [0.5, 0.6) is 0 Å². The van der Waals surface area contributed by atoms with E-state index in [1.165, 1.54) is 0 Å². The first kappa shape index (κ1) is 15.4. The van der Waals surface area contributed by atoms with Crippen LogP contribution in [0.1, 0.15) is 28.9 Å². The van der Waals surface area contributed by atoms with Gasteiger partial charge in [0.2, 0.25) is 0 Å². The van der Waals surface area contributed by atoms with Gasteiger partial charge in [0, 0.05) is 10.5 Å². The smallest absolute Gasteiger partial charge is 0.254 e. The van der Waals surface area contributed by atoms with Crippen molar-refractivity contribution in [3.8, 4) is 0 Å². The second-order valence-electron chi connectivity index (χ2n) is 4.60. The predicted octanol–water partition coefficient (Wildman–Crippen LogP) is 3.80. The predicted molar refractivity (Wildman–Crippen MR) is 80.8 cm³/mol. The molecule has 3 N–H and O–H groups in total. The summed E-state index contributed by atoms with van der Waals surface area (Å²) in [7, 11) is 0. The molecule has 0 aliphatic rings. The summed E-state index contributed by atoms with van der Waals surface area (Å²) in [5.74, 6) is -2.47. The summed E-state index contributed by atoms with van der Waals surface area (Å²) >= 11 is 3.32. The summed E-state index contributed by atoms with van der Waals surface area (Å²) in [4.78, 5) is 12.0. The molecule has 0 bridgehead atoms. The number of hydrogen-bond acceptors (Lipinski definition) is 2. The molecular weight excluding hydrogens is 342 g/mol. The Hall–Kier alpha value is -1.95. The number of halogens is 3. The number of anilines is 1. The molecule has 1 amide bonds. The van der Waals surface area contributed by atoms with Crippen molar-refractivity contribution in [2.24, 2.45) is 0 Å². The summed E-state index contributed by atoms with van der Waals surface area (Å²) in [6, 6.07) is 8.64. The average molecular weight is 355 g/mol. The van der Waals surface area contributed by atoms with Crippen LogP contribution in [0.25, 0.3) is 0 Å². The molecule has 0 aromatic heterocycles.